The Bertz CT molecular complexity index is 1280. The van der Waals surface area contributed by atoms with Crippen LogP contribution in [0.4, 0.5) is 8.78 Å². The molecule has 3 aromatic rings. The molecule has 3 heterocycles. The minimum Gasteiger partial charge on any atom is -0.502 e. The second-order valence-corrected chi connectivity index (χ2v) is 7.75. The van der Waals surface area contributed by atoms with Crippen LogP contribution >= 0.6 is 0 Å². The van der Waals surface area contributed by atoms with Gasteiger partial charge in [0.1, 0.15) is 18.0 Å². The van der Waals surface area contributed by atoms with Crippen LogP contribution in [0.15, 0.2) is 59.5 Å². The van der Waals surface area contributed by atoms with Crippen LogP contribution in [0, 0.1) is 11.6 Å². The minimum atomic E-state index is -1.03. The molecule has 1 aromatic heterocycles. The van der Waals surface area contributed by atoms with Crippen LogP contribution in [0.3, 0.4) is 0 Å². The lowest BCUT2D eigenvalue weighted by molar-refractivity contribution is 0.0573. The van der Waals surface area contributed by atoms with Gasteiger partial charge in [0, 0.05) is 37.4 Å². The smallest absolute Gasteiger partial charge is 0.277 e. The number of fused-ring (bicyclic) bond motifs is 4. The summed E-state index contributed by atoms with van der Waals surface area (Å²) in [5.74, 6) is -3.07. The van der Waals surface area contributed by atoms with Gasteiger partial charge in [0.2, 0.25) is 5.43 Å². The van der Waals surface area contributed by atoms with Crippen molar-refractivity contribution >= 4 is 5.91 Å². The van der Waals surface area contributed by atoms with E-state index in [0.29, 0.717) is 12.0 Å². The van der Waals surface area contributed by atoms with Crippen molar-refractivity contribution in [1.82, 2.24) is 9.58 Å². The summed E-state index contributed by atoms with van der Waals surface area (Å²) in [6, 6.07) is 11.7. The maximum atomic E-state index is 14.4. The third kappa shape index (κ3) is 2.92. The van der Waals surface area contributed by atoms with Crippen LogP contribution < -0.4 is 15.2 Å². The zero-order valence-corrected chi connectivity index (χ0v) is 17.0. The van der Waals surface area contributed by atoms with Gasteiger partial charge in [-0.2, -0.15) is 0 Å². The maximum Gasteiger partial charge on any atom is 0.277 e. The van der Waals surface area contributed by atoms with Crippen molar-refractivity contribution in [3.63, 3.8) is 0 Å². The molecule has 0 saturated carbocycles. The molecule has 0 saturated heterocycles. The summed E-state index contributed by atoms with van der Waals surface area (Å²) in [6.45, 7) is 0.139. The summed E-state index contributed by atoms with van der Waals surface area (Å²) in [6.07, 6.45) is 1.20. The molecule has 1 N–H and O–H groups in total. The molecule has 0 spiro atoms. The number of hydrogen-bond acceptors (Lipinski definition) is 5. The monoisotopic (exact) mass is 439 g/mol. The zero-order valence-electron chi connectivity index (χ0n) is 17.0. The minimum absolute atomic E-state index is 0.139. The number of hydrogen-bond donors (Lipinski definition) is 1. The normalized spacial score (nSPS) is 19.9. The summed E-state index contributed by atoms with van der Waals surface area (Å²) < 4.78 is 35.7. The molecule has 0 aliphatic carbocycles. The average Bonchev–Trinajstić information content (AvgIpc) is 2.78. The van der Waals surface area contributed by atoms with Gasteiger partial charge in [-0.3, -0.25) is 19.3 Å². The second-order valence-electron chi connectivity index (χ2n) is 7.75. The summed E-state index contributed by atoms with van der Waals surface area (Å²) in [7, 11) is 1.57. The number of amides is 1. The number of benzene rings is 2. The standard InChI is InChI=1S/C23H19F2N3O4/c1-26-19-8-10-32-18-12-16(25)15(24)11-14(18)20(13-5-3-2-4-6-13)28(19)27-9-7-17(29)22(30)21(27)23(26)31/h2-7,9,11-12,19-20,30H,8,10H2,1H3/t19-,20+/m1/s1. The van der Waals surface area contributed by atoms with Crippen molar-refractivity contribution in [3.8, 4) is 11.5 Å². The van der Waals surface area contributed by atoms with Crippen molar-refractivity contribution in [1.29, 1.82) is 0 Å². The van der Waals surface area contributed by atoms with Gasteiger partial charge >= 0.3 is 0 Å². The molecule has 7 nitrogen and oxygen atoms in total. The largest absolute Gasteiger partial charge is 0.502 e. The molecule has 0 bridgehead atoms. The summed E-state index contributed by atoms with van der Waals surface area (Å²) in [4.78, 5) is 26.6. The summed E-state index contributed by atoms with van der Waals surface area (Å²) in [5.41, 5.74) is 0.202. The van der Waals surface area contributed by atoms with Gasteiger partial charge in [0.05, 0.1) is 6.61 Å². The molecule has 0 fully saturated rings. The fraction of sp³-hybridized carbons (Fsp3) is 0.217. The molecule has 0 unspecified atom stereocenters. The van der Waals surface area contributed by atoms with Gasteiger partial charge in [0.25, 0.3) is 5.91 Å². The van der Waals surface area contributed by atoms with Crippen LogP contribution in [0.1, 0.15) is 34.1 Å². The molecular formula is C23H19F2N3O4. The highest BCUT2D eigenvalue weighted by Crippen LogP contribution is 2.41. The molecule has 1 amide bonds. The van der Waals surface area contributed by atoms with Gasteiger partial charge in [-0.1, -0.05) is 30.3 Å². The Hall–Kier alpha value is -3.88. The van der Waals surface area contributed by atoms with Crippen LogP contribution in [0.2, 0.25) is 0 Å². The molecule has 2 aliphatic heterocycles. The van der Waals surface area contributed by atoms with Crippen molar-refractivity contribution in [2.45, 2.75) is 18.6 Å². The Morgan fingerprint density at radius 1 is 1.06 bits per heavy atom. The fourth-order valence-electron chi connectivity index (χ4n) is 4.42. The topological polar surface area (TPSA) is 75.0 Å². The second kappa shape index (κ2) is 7.37. The van der Waals surface area contributed by atoms with Crippen LogP contribution in [0.25, 0.3) is 0 Å². The van der Waals surface area contributed by atoms with Crippen molar-refractivity contribution in [3.05, 3.63) is 93.4 Å². The SMILES string of the molecule is CN1C(=O)c2c(O)c(=O)ccn2N2[C@@H](c3ccccc3)c3cc(F)c(F)cc3OCC[C@H]12. The number of aromatic nitrogens is 1. The van der Waals surface area contributed by atoms with E-state index in [-0.39, 0.29) is 18.1 Å². The molecule has 2 atom stereocenters. The van der Waals surface area contributed by atoms with E-state index >= 15 is 0 Å². The maximum absolute atomic E-state index is 14.4. The number of halogens is 2. The zero-order chi connectivity index (χ0) is 22.6. The molecule has 9 heteroatoms. The van der Waals surface area contributed by atoms with E-state index in [4.69, 9.17) is 4.74 Å². The molecule has 0 radical (unpaired) electrons. The Kier molecular flexibility index (Phi) is 4.61. The number of pyridine rings is 1. The predicted molar refractivity (Wildman–Crippen MR) is 111 cm³/mol. The number of carbonyl (C=O) groups is 1. The van der Waals surface area contributed by atoms with Gasteiger partial charge in [-0.05, 0) is 11.6 Å². The number of rotatable bonds is 1. The van der Waals surface area contributed by atoms with Gasteiger partial charge < -0.3 is 14.7 Å². The molecule has 32 heavy (non-hydrogen) atoms. The highest BCUT2D eigenvalue weighted by molar-refractivity contribution is 5.96. The number of nitrogens with zero attached hydrogens (tertiary/aromatic N) is 3. The Morgan fingerprint density at radius 3 is 2.53 bits per heavy atom. The predicted octanol–water partition coefficient (Wildman–Crippen LogP) is 2.75. The van der Waals surface area contributed by atoms with Crippen LogP contribution in [-0.2, 0) is 0 Å². The lowest BCUT2D eigenvalue weighted by Gasteiger charge is -2.49. The first-order chi connectivity index (χ1) is 15.4. The third-order valence-corrected chi connectivity index (χ3v) is 5.94. The van der Waals surface area contributed by atoms with Crippen LogP contribution in [0.5, 0.6) is 11.5 Å². The molecule has 2 aromatic carbocycles. The molecule has 5 rings (SSSR count). The Morgan fingerprint density at radius 2 is 1.78 bits per heavy atom. The summed E-state index contributed by atoms with van der Waals surface area (Å²) >= 11 is 0. The first kappa shape index (κ1) is 20.0. The van der Waals surface area contributed by atoms with Gasteiger partial charge in [-0.15, -0.1) is 0 Å². The Labute approximate surface area is 181 Å². The molecule has 164 valence electrons. The highest BCUT2D eigenvalue weighted by Gasteiger charge is 2.43. The lowest BCUT2D eigenvalue weighted by Crippen LogP contribution is -2.62. The van der Waals surface area contributed by atoms with Crippen LogP contribution in [-0.4, -0.2) is 40.4 Å². The average molecular weight is 439 g/mol. The van der Waals surface area contributed by atoms with E-state index in [2.05, 4.69) is 0 Å². The van der Waals surface area contributed by atoms with E-state index in [1.807, 2.05) is 30.3 Å². The van der Waals surface area contributed by atoms with Crippen molar-refractivity contribution < 1.29 is 23.4 Å². The van der Waals surface area contributed by atoms with E-state index < -0.39 is 40.9 Å². The molecule has 2 aliphatic rings. The third-order valence-electron chi connectivity index (χ3n) is 5.94. The van der Waals surface area contributed by atoms with E-state index in [1.54, 1.807) is 12.1 Å². The van der Waals surface area contributed by atoms with Gasteiger partial charge in [-0.25, -0.2) is 8.78 Å². The number of ether oxygens (including phenoxy) is 1. The van der Waals surface area contributed by atoms with Crippen molar-refractivity contribution in [2.75, 3.05) is 18.7 Å². The van der Waals surface area contributed by atoms with E-state index in [1.165, 1.54) is 15.8 Å². The number of aromatic hydroxyl groups is 1. The molecular weight excluding hydrogens is 420 g/mol. The fourth-order valence-corrected chi connectivity index (χ4v) is 4.42. The Balaban J connectivity index is 1.84. The first-order valence-electron chi connectivity index (χ1n) is 10.1. The quantitative estimate of drug-likeness (QED) is 0.631. The van der Waals surface area contributed by atoms with E-state index in [0.717, 1.165) is 23.8 Å². The first-order valence-corrected chi connectivity index (χ1v) is 10.1. The summed E-state index contributed by atoms with van der Waals surface area (Å²) in [5, 5.41) is 12.2. The van der Waals surface area contributed by atoms with Gasteiger partial charge in [0.15, 0.2) is 23.1 Å². The highest BCUT2D eigenvalue weighted by atomic mass is 19.2. The van der Waals surface area contributed by atoms with E-state index in [9.17, 15) is 23.5 Å². The lowest BCUT2D eigenvalue weighted by atomic mass is 9.95. The van der Waals surface area contributed by atoms with Crippen molar-refractivity contribution in [2.24, 2.45) is 0 Å². The number of carbonyl (C=O) groups excluding carboxylic acids is 1.